The number of carboxylic acid groups (broad SMARTS) is 1. The maximum absolute atomic E-state index is 14.0. The number of ether oxygens (including phenoxy) is 1. The van der Waals surface area contributed by atoms with E-state index in [1.165, 1.54) is 35.9 Å². The molecule has 0 aliphatic carbocycles. The van der Waals surface area contributed by atoms with Crippen LogP contribution in [0.25, 0.3) is 5.57 Å². The van der Waals surface area contributed by atoms with E-state index in [1.807, 2.05) is 0 Å². The Hall–Kier alpha value is -3.22. The van der Waals surface area contributed by atoms with Crippen molar-refractivity contribution in [1.29, 1.82) is 0 Å². The molecule has 0 fully saturated rings. The van der Waals surface area contributed by atoms with Crippen LogP contribution in [0.15, 0.2) is 40.8 Å². The molecule has 0 aliphatic heterocycles. The third kappa shape index (κ3) is 4.84. The van der Waals surface area contributed by atoms with Crippen LogP contribution in [0.5, 0.6) is 0 Å². The smallest absolute Gasteiger partial charge is 0.331 e. The fourth-order valence-electron chi connectivity index (χ4n) is 2.88. The lowest BCUT2D eigenvalue weighted by atomic mass is 9.90. The number of hydrogen-bond acceptors (Lipinski definition) is 4. The van der Waals surface area contributed by atoms with Gasteiger partial charge < -0.3 is 9.84 Å². The molecule has 1 heterocycles. The Balaban J connectivity index is 2.64. The van der Waals surface area contributed by atoms with Crippen molar-refractivity contribution in [2.75, 3.05) is 0 Å². The molecule has 30 heavy (non-hydrogen) atoms. The van der Waals surface area contributed by atoms with Gasteiger partial charge in [-0.1, -0.05) is 0 Å². The number of carbonyl (C=O) groups is 2. The lowest BCUT2D eigenvalue weighted by Crippen LogP contribution is -2.29. The fraction of sp³-hybridized carbons (Fsp3) is 0.348. The standard InChI is InChI=1S/C23H26FNO5/c1-13-11-18(24)14(2)10-17(13)19(15(3)21(27)28)16-8-7-9-25(20(16)26)12-30-22(29)23(4,5)6/h7-11H,12H2,1-6H3,(H,27,28)/b19-15+. The zero-order valence-corrected chi connectivity index (χ0v) is 18.0. The van der Waals surface area contributed by atoms with Crippen LogP contribution in [-0.4, -0.2) is 21.6 Å². The Morgan fingerprint density at radius 1 is 1.13 bits per heavy atom. The van der Waals surface area contributed by atoms with E-state index in [4.69, 9.17) is 4.74 Å². The van der Waals surface area contributed by atoms with Crippen molar-refractivity contribution >= 4 is 17.5 Å². The van der Waals surface area contributed by atoms with E-state index < -0.39 is 28.7 Å². The monoisotopic (exact) mass is 415 g/mol. The molecule has 7 heteroatoms. The number of nitrogens with zero attached hydrogens (tertiary/aromatic N) is 1. The SMILES string of the molecule is C/C(C(=O)O)=C(\c1cc(C)c(F)cc1C)c1cccn(COC(=O)C(C)(C)C)c1=O. The molecular formula is C23H26FNO5. The summed E-state index contributed by atoms with van der Waals surface area (Å²) >= 11 is 0. The molecular weight excluding hydrogens is 389 g/mol. The average molecular weight is 415 g/mol. The van der Waals surface area contributed by atoms with Gasteiger partial charge in [-0.15, -0.1) is 0 Å². The number of aryl methyl sites for hydroxylation is 2. The van der Waals surface area contributed by atoms with E-state index in [9.17, 15) is 23.9 Å². The molecule has 1 N–H and O–H groups in total. The van der Waals surface area contributed by atoms with Gasteiger partial charge in [0, 0.05) is 22.9 Å². The number of hydrogen-bond donors (Lipinski definition) is 1. The molecule has 1 aromatic carbocycles. The second kappa shape index (κ2) is 8.65. The van der Waals surface area contributed by atoms with Crippen LogP contribution < -0.4 is 5.56 Å². The van der Waals surface area contributed by atoms with E-state index in [-0.39, 0.29) is 23.4 Å². The summed E-state index contributed by atoms with van der Waals surface area (Å²) in [6.07, 6.45) is 1.46. The van der Waals surface area contributed by atoms with E-state index >= 15 is 0 Å². The summed E-state index contributed by atoms with van der Waals surface area (Å²) in [6, 6.07) is 5.92. The van der Waals surface area contributed by atoms with Crippen molar-refractivity contribution in [2.24, 2.45) is 5.41 Å². The predicted octanol–water partition coefficient (Wildman–Crippen LogP) is 4.06. The summed E-state index contributed by atoms with van der Waals surface area (Å²) in [4.78, 5) is 36.9. The van der Waals surface area contributed by atoms with Gasteiger partial charge in [-0.2, -0.15) is 0 Å². The molecule has 0 bridgehead atoms. The second-order valence-electron chi connectivity index (χ2n) is 8.23. The third-order valence-corrected chi connectivity index (χ3v) is 4.71. The Bertz CT molecular complexity index is 1090. The number of carboxylic acids is 1. The zero-order valence-electron chi connectivity index (χ0n) is 18.0. The number of esters is 1. The number of carbonyl (C=O) groups excluding carboxylic acids is 1. The van der Waals surface area contributed by atoms with Crippen LogP contribution in [0.1, 0.15) is 49.9 Å². The molecule has 0 unspecified atom stereocenters. The van der Waals surface area contributed by atoms with Gasteiger partial charge in [0.25, 0.3) is 5.56 Å². The van der Waals surface area contributed by atoms with Gasteiger partial charge in [-0.05, 0) is 82.5 Å². The molecule has 6 nitrogen and oxygen atoms in total. The number of aliphatic carboxylic acids is 1. The fourth-order valence-corrected chi connectivity index (χ4v) is 2.88. The summed E-state index contributed by atoms with van der Waals surface area (Å²) in [6.45, 7) is 9.41. The van der Waals surface area contributed by atoms with Gasteiger partial charge in [0.05, 0.1) is 5.41 Å². The van der Waals surface area contributed by atoms with Gasteiger partial charge in [-0.25, -0.2) is 9.18 Å². The predicted molar refractivity (Wildman–Crippen MR) is 111 cm³/mol. The first-order valence-electron chi connectivity index (χ1n) is 9.43. The first-order chi connectivity index (χ1) is 13.8. The van der Waals surface area contributed by atoms with Crippen LogP contribution >= 0.6 is 0 Å². The largest absolute Gasteiger partial charge is 0.478 e. The van der Waals surface area contributed by atoms with E-state index in [0.29, 0.717) is 16.7 Å². The summed E-state index contributed by atoms with van der Waals surface area (Å²) in [5.41, 5.74) is 0.318. The molecule has 160 valence electrons. The van der Waals surface area contributed by atoms with Crippen molar-refractivity contribution in [3.8, 4) is 0 Å². The van der Waals surface area contributed by atoms with Gasteiger partial charge in [0.15, 0.2) is 6.73 Å². The number of rotatable bonds is 5. The van der Waals surface area contributed by atoms with Gasteiger partial charge in [0.1, 0.15) is 5.82 Å². The van der Waals surface area contributed by atoms with Crippen molar-refractivity contribution in [3.05, 3.63) is 74.5 Å². The van der Waals surface area contributed by atoms with Crippen LogP contribution in [-0.2, 0) is 21.1 Å². The lowest BCUT2D eigenvalue weighted by molar-refractivity contribution is -0.157. The van der Waals surface area contributed by atoms with Crippen LogP contribution in [0.4, 0.5) is 4.39 Å². The third-order valence-electron chi connectivity index (χ3n) is 4.71. The van der Waals surface area contributed by atoms with Gasteiger partial charge in [0.2, 0.25) is 0 Å². The molecule has 2 rings (SSSR count). The van der Waals surface area contributed by atoms with Crippen LogP contribution in [0.3, 0.4) is 0 Å². The highest BCUT2D eigenvalue weighted by Crippen LogP contribution is 2.29. The van der Waals surface area contributed by atoms with Gasteiger partial charge in [-0.3, -0.25) is 14.2 Å². The number of benzene rings is 1. The Morgan fingerprint density at radius 3 is 2.33 bits per heavy atom. The highest BCUT2D eigenvalue weighted by molar-refractivity contribution is 6.00. The Labute approximate surface area is 174 Å². The second-order valence-corrected chi connectivity index (χ2v) is 8.23. The molecule has 0 amide bonds. The molecule has 0 atom stereocenters. The number of halogens is 1. The molecule has 0 aliphatic rings. The molecule has 0 radical (unpaired) electrons. The number of pyridine rings is 1. The molecule has 2 aromatic rings. The van der Waals surface area contributed by atoms with E-state index in [2.05, 4.69) is 0 Å². The quantitative estimate of drug-likeness (QED) is 0.588. The zero-order chi connectivity index (χ0) is 22.8. The number of aromatic nitrogens is 1. The summed E-state index contributed by atoms with van der Waals surface area (Å²) in [5, 5.41) is 9.61. The van der Waals surface area contributed by atoms with E-state index in [1.54, 1.807) is 40.7 Å². The highest BCUT2D eigenvalue weighted by Gasteiger charge is 2.24. The summed E-state index contributed by atoms with van der Waals surface area (Å²) < 4.78 is 20.4. The molecule has 0 saturated carbocycles. The van der Waals surface area contributed by atoms with E-state index in [0.717, 1.165) is 0 Å². The highest BCUT2D eigenvalue weighted by atomic mass is 19.1. The van der Waals surface area contributed by atoms with Crippen LogP contribution in [0, 0.1) is 25.1 Å². The molecule has 1 aromatic heterocycles. The first kappa shape index (κ1) is 23.1. The van der Waals surface area contributed by atoms with Crippen molar-refractivity contribution in [2.45, 2.75) is 48.3 Å². The minimum absolute atomic E-state index is 0.0503. The maximum atomic E-state index is 14.0. The van der Waals surface area contributed by atoms with Crippen LogP contribution in [0.2, 0.25) is 0 Å². The van der Waals surface area contributed by atoms with Crippen molar-refractivity contribution in [3.63, 3.8) is 0 Å². The van der Waals surface area contributed by atoms with Crippen molar-refractivity contribution < 1.29 is 23.8 Å². The topological polar surface area (TPSA) is 85.6 Å². The minimum Gasteiger partial charge on any atom is -0.478 e. The minimum atomic E-state index is -1.19. The lowest BCUT2D eigenvalue weighted by Gasteiger charge is -2.18. The molecule has 0 saturated heterocycles. The Morgan fingerprint density at radius 2 is 1.77 bits per heavy atom. The first-order valence-corrected chi connectivity index (χ1v) is 9.43. The van der Waals surface area contributed by atoms with Crippen molar-refractivity contribution in [1.82, 2.24) is 4.57 Å². The molecule has 0 spiro atoms. The maximum Gasteiger partial charge on any atom is 0.331 e. The average Bonchev–Trinajstić information content (AvgIpc) is 2.64. The summed E-state index contributed by atoms with van der Waals surface area (Å²) in [7, 11) is 0. The van der Waals surface area contributed by atoms with Gasteiger partial charge >= 0.3 is 11.9 Å². The summed E-state index contributed by atoms with van der Waals surface area (Å²) in [5.74, 6) is -2.08. The Kier molecular flexibility index (Phi) is 6.65. The normalized spacial score (nSPS) is 12.4.